The molecule has 5 nitrogen and oxygen atoms in total. The summed E-state index contributed by atoms with van der Waals surface area (Å²) in [4.78, 5) is 25.5. The highest BCUT2D eigenvalue weighted by Gasteiger charge is 2.44. The lowest BCUT2D eigenvalue weighted by Gasteiger charge is -2.42. The highest BCUT2D eigenvalue weighted by molar-refractivity contribution is 5.82. The second-order valence-electron chi connectivity index (χ2n) is 5.55. The van der Waals surface area contributed by atoms with Crippen LogP contribution in [0.15, 0.2) is 0 Å². The van der Waals surface area contributed by atoms with E-state index in [0.717, 1.165) is 25.9 Å². The van der Waals surface area contributed by atoms with Gasteiger partial charge in [0.2, 0.25) is 5.91 Å². The quantitative estimate of drug-likeness (QED) is 0.775. The molecule has 0 aliphatic carbocycles. The summed E-state index contributed by atoms with van der Waals surface area (Å²) in [6, 6.07) is 0. The number of rotatable bonds is 4. The SMILES string of the molecule is CCCC1(C(=O)O)CCCN(C(=O)C2CNC2)C1. The number of carbonyl (C=O) groups is 2. The predicted octanol–water partition coefficient (Wildman–Crippen LogP) is 0.699. The van der Waals surface area contributed by atoms with Gasteiger partial charge in [-0.3, -0.25) is 9.59 Å². The van der Waals surface area contributed by atoms with E-state index in [0.29, 0.717) is 25.9 Å². The van der Waals surface area contributed by atoms with Gasteiger partial charge in [-0.05, 0) is 19.3 Å². The van der Waals surface area contributed by atoms with Crippen LogP contribution >= 0.6 is 0 Å². The lowest BCUT2D eigenvalue weighted by molar-refractivity contribution is -0.156. The molecule has 0 aromatic heterocycles. The molecular weight excluding hydrogens is 232 g/mol. The van der Waals surface area contributed by atoms with Crippen LogP contribution < -0.4 is 5.32 Å². The summed E-state index contributed by atoms with van der Waals surface area (Å²) in [6.07, 6.45) is 3.01. The maximum absolute atomic E-state index is 12.2. The number of carbonyl (C=O) groups excluding carboxylic acids is 1. The fourth-order valence-corrected chi connectivity index (χ4v) is 3.01. The van der Waals surface area contributed by atoms with Crippen LogP contribution in [-0.2, 0) is 9.59 Å². The van der Waals surface area contributed by atoms with Gasteiger partial charge in [0, 0.05) is 26.2 Å². The van der Waals surface area contributed by atoms with Gasteiger partial charge in [0.15, 0.2) is 0 Å². The number of aliphatic carboxylic acids is 1. The van der Waals surface area contributed by atoms with E-state index in [1.54, 1.807) is 4.90 Å². The lowest BCUT2D eigenvalue weighted by Crippen LogP contribution is -2.56. The van der Waals surface area contributed by atoms with Gasteiger partial charge in [0.05, 0.1) is 11.3 Å². The zero-order valence-electron chi connectivity index (χ0n) is 10.9. The molecule has 2 rings (SSSR count). The molecule has 0 aromatic carbocycles. The summed E-state index contributed by atoms with van der Waals surface area (Å²) in [7, 11) is 0. The second kappa shape index (κ2) is 5.26. The average Bonchev–Trinajstić information content (AvgIpc) is 2.27. The number of nitrogens with zero attached hydrogens (tertiary/aromatic N) is 1. The molecule has 0 spiro atoms. The zero-order chi connectivity index (χ0) is 13.2. The van der Waals surface area contributed by atoms with Gasteiger partial charge in [-0.1, -0.05) is 13.3 Å². The van der Waals surface area contributed by atoms with E-state index in [1.165, 1.54) is 0 Å². The van der Waals surface area contributed by atoms with Crippen molar-refractivity contribution >= 4 is 11.9 Å². The Bertz CT molecular complexity index is 337. The molecule has 2 aliphatic heterocycles. The van der Waals surface area contributed by atoms with Crippen molar-refractivity contribution in [3.63, 3.8) is 0 Å². The molecular formula is C13H22N2O3. The molecule has 18 heavy (non-hydrogen) atoms. The Hall–Kier alpha value is -1.10. The molecule has 1 atom stereocenters. The lowest BCUT2D eigenvalue weighted by atomic mass is 9.76. The Balaban J connectivity index is 2.05. The highest BCUT2D eigenvalue weighted by atomic mass is 16.4. The van der Waals surface area contributed by atoms with Crippen LogP contribution in [0.3, 0.4) is 0 Å². The third kappa shape index (κ3) is 2.36. The van der Waals surface area contributed by atoms with Crippen molar-refractivity contribution < 1.29 is 14.7 Å². The van der Waals surface area contributed by atoms with E-state index < -0.39 is 11.4 Å². The third-order valence-electron chi connectivity index (χ3n) is 4.20. The minimum absolute atomic E-state index is 0.0659. The first kappa shape index (κ1) is 13.3. The summed E-state index contributed by atoms with van der Waals surface area (Å²) in [5.74, 6) is -0.542. The topological polar surface area (TPSA) is 69.6 Å². The Morgan fingerprint density at radius 1 is 1.44 bits per heavy atom. The van der Waals surface area contributed by atoms with Gasteiger partial charge < -0.3 is 15.3 Å². The molecule has 0 saturated carbocycles. The zero-order valence-corrected chi connectivity index (χ0v) is 10.9. The molecule has 2 saturated heterocycles. The van der Waals surface area contributed by atoms with Gasteiger partial charge in [0.25, 0.3) is 0 Å². The number of nitrogens with one attached hydrogen (secondary N) is 1. The van der Waals surface area contributed by atoms with Crippen molar-refractivity contribution in [2.45, 2.75) is 32.6 Å². The molecule has 102 valence electrons. The monoisotopic (exact) mass is 254 g/mol. The van der Waals surface area contributed by atoms with E-state index in [2.05, 4.69) is 5.32 Å². The van der Waals surface area contributed by atoms with Crippen LogP contribution in [-0.4, -0.2) is 48.1 Å². The molecule has 1 amide bonds. The standard InChI is InChI=1S/C13H22N2O3/c1-2-4-13(12(17)18)5-3-6-15(9-13)11(16)10-7-14-8-10/h10,14H,2-9H2,1H3,(H,17,18). The Morgan fingerprint density at radius 2 is 2.17 bits per heavy atom. The van der Waals surface area contributed by atoms with Gasteiger partial charge in [-0.15, -0.1) is 0 Å². The molecule has 2 heterocycles. The van der Waals surface area contributed by atoms with Crippen LogP contribution in [0.2, 0.25) is 0 Å². The van der Waals surface area contributed by atoms with Crippen molar-refractivity contribution in [2.75, 3.05) is 26.2 Å². The van der Waals surface area contributed by atoms with Crippen LogP contribution in [0.4, 0.5) is 0 Å². The van der Waals surface area contributed by atoms with Crippen molar-refractivity contribution in [2.24, 2.45) is 11.3 Å². The third-order valence-corrected chi connectivity index (χ3v) is 4.20. The first-order chi connectivity index (χ1) is 8.59. The van der Waals surface area contributed by atoms with E-state index in [-0.39, 0.29) is 11.8 Å². The van der Waals surface area contributed by atoms with Gasteiger partial charge >= 0.3 is 5.97 Å². The van der Waals surface area contributed by atoms with Crippen LogP contribution in [0.1, 0.15) is 32.6 Å². The normalized spacial score (nSPS) is 28.8. The number of hydrogen-bond donors (Lipinski definition) is 2. The molecule has 1 unspecified atom stereocenters. The average molecular weight is 254 g/mol. The van der Waals surface area contributed by atoms with Crippen LogP contribution in [0.5, 0.6) is 0 Å². The molecule has 2 aliphatic rings. The summed E-state index contributed by atoms with van der Waals surface area (Å²) in [5.41, 5.74) is -0.708. The fraction of sp³-hybridized carbons (Fsp3) is 0.846. The number of amides is 1. The smallest absolute Gasteiger partial charge is 0.311 e. The van der Waals surface area contributed by atoms with Crippen molar-refractivity contribution in [3.8, 4) is 0 Å². The highest BCUT2D eigenvalue weighted by Crippen LogP contribution is 2.35. The largest absolute Gasteiger partial charge is 0.481 e. The van der Waals surface area contributed by atoms with Crippen molar-refractivity contribution in [1.82, 2.24) is 10.2 Å². The number of carboxylic acid groups (broad SMARTS) is 1. The van der Waals surface area contributed by atoms with Crippen LogP contribution in [0, 0.1) is 11.3 Å². The predicted molar refractivity (Wildman–Crippen MR) is 67.2 cm³/mol. The maximum atomic E-state index is 12.2. The Morgan fingerprint density at radius 3 is 2.67 bits per heavy atom. The van der Waals surface area contributed by atoms with E-state index in [4.69, 9.17) is 0 Å². The Labute approximate surface area is 108 Å². The molecule has 2 fully saturated rings. The molecule has 0 radical (unpaired) electrons. The number of piperidine rings is 1. The van der Waals surface area contributed by atoms with Gasteiger partial charge in [0.1, 0.15) is 0 Å². The van der Waals surface area contributed by atoms with Gasteiger partial charge in [-0.2, -0.15) is 0 Å². The summed E-state index contributed by atoms with van der Waals surface area (Å²) in [6.45, 7) is 4.59. The molecule has 5 heteroatoms. The number of hydrogen-bond acceptors (Lipinski definition) is 3. The number of likely N-dealkylation sites (tertiary alicyclic amines) is 1. The number of carboxylic acids is 1. The Kier molecular flexibility index (Phi) is 3.90. The second-order valence-corrected chi connectivity index (χ2v) is 5.55. The van der Waals surface area contributed by atoms with E-state index in [1.807, 2.05) is 6.92 Å². The van der Waals surface area contributed by atoms with Crippen molar-refractivity contribution in [3.05, 3.63) is 0 Å². The summed E-state index contributed by atoms with van der Waals surface area (Å²) in [5, 5.41) is 12.6. The first-order valence-electron chi connectivity index (χ1n) is 6.82. The maximum Gasteiger partial charge on any atom is 0.311 e. The van der Waals surface area contributed by atoms with E-state index >= 15 is 0 Å². The van der Waals surface area contributed by atoms with Crippen molar-refractivity contribution in [1.29, 1.82) is 0 Å². The van der Waals surface area contributed by atoms with Gasteiger partial charge in [-0.25, -0.2) is 0 Å². The molecule has 0 aromatic rings. The summed E-state index contributed by atoms with van der Waals surface area (Å²) < 4.78 is 0. The van der Waals surface area contributed by atoms with Crippen LogP contribution in [0.25, 0.3) is 0 Å². The molecule has 2 N–H and O–H groups in total. The summed E-state index contributed by atoms with van der Waals surface area (Å²) >= 11 is 0. The first-order valence-corrected chi connectivity index (χ1v) is 6.82. The minimum atomic E-state index is -0.742. The van der Waals surface area contributed by atoms with E-state index in [9.17, 15) is 14.7 Å². The minimum Gasteiger partial charge on any atom is -0.481 e. The molecule has 0 bridgehead atoms. The fourth-order valence-electron chi connectivity index (χ4n) is 3.01.